The molecule has 2 unspecified atom stereocenters. The lowest BCUT2D eigenvalue weighted by Gasteiger charge is -2.40. The van der Waals surface area contributed by atoms with Gasteiger partial charge in [0.15, 0.2) is 0 Å². The third-order valence-electron chi connectivity index (χ3n) is 5.53. The second-order valence-electron chi connectivity index (χ2n) is 7.51. The molecular formula is C19H26F2N2O5. The van der Waals surface area contributed by atoms with Crippen molar-refractivity contribution in [2.75, 3.05) is 0 Å². The molecule has 6 N–H and O–H groups in total. The molecule has 0 saturated heterocycles. The first-order chi connectivity index (χ1) is 13.1. The molecule has 7 nitrogen and oxygen atoms in total. The maximum absolute atomic E-state index is 13.2. The summed E-state index contributed by atoms with van der Waals surface area (Å²) in [5, 5.41) is 30.2. The molecule has 1 aliphatic rings. The largest absolute Gasteiger partial charge is 0.393 e. The van der Waals surface area contributed by atoms with Gasteiger partial charge in [-0.05, 0) is 62.6 Å². The fourth-order valence-corrected chi connectivity index (χ4v) is 3.88. The molecule has 1 aromatic carbocycles. The average Bonchev–Trinajstić information content (AvgIpc) is 2.63. The van der Waals surface area contributed by atoms with E-state index in [4.69, 9.17) is 10.9 Å². The van der Waals surface area contributed by atoms with Crippen molar-refractivity contribution in [3.8, 4) is 0 Å². The van der Waals surface area contributed by atoms with Crippen LogP contribution in [0.3, 0.4) is 0 Å². The second-order valence-corrected chi connectivity index (χ2v) is 7.51. The zero-order chi connectivity index (χ0) is 20.9. The molecule has 0 spiro atoms. The predicted octanol–water partition coefficient (Wildman–Crippen LogP) is 1.18. The highest BCUT2D eigenvalue weighted by Crippen LogP contribution is 2.39. The number of hydrogen-bond donors (Lipinski definition) is 5. The van der Waals surface area contributed by atoms with Crippen LogP contribution >= 0.6 is 0 Å². The summed E-state index contributed by atoms with van der Waals surface area (Å²) < 4.78 is 26.5. The molecule has 2 rings (SSSR count). The van der Waals surface area contributed by atoms with E-state index in [-0.39, 0.29) is 38.0 Å². The molecule has 0 heterocycles. The first-order valence-electron chi connectivity index (χ1n) is 9.23. The van der Waals surface area contributed by atoms with E-state index < -0.39 is 41.1 Å². The van der Waals surface area contributed by atoms with Gasteiger partial charge in [0.2, 0.25) is 11.8 Å². The fourth-order valence-electron chi connectivity index (χ4n) is 3.88. The molecule has 0 bridgehead atoms. The van der Waals surface area contributed by atoms with Crippen LogP contribution in [0.5, 0.6) is 0 Å². The first-order valence-corrected chi connectivity index (χ1v) is 9.23. The van der Waals surface area contributed by atoms with Gasteiger partial charge in [-0.1, -0.05) is 0 Å². The number of benzene rings is 1. The van der Waals surface area contributed by atoms with Crippen LogP contribution in [0.15, 0.2) is 18.2 Å². The number of hydrogen-bond acceptors (Lipinski definition) is 5. The highest BCUT2D eigenvalue weighted by molar-refractivity contribution is 5.79. The third-order valence-corrected chi connectivity index (χ3v) is 5.53. The van der Waals surface area contributed by atoms with Crippen molar-refractivity contribution < 1.29 is 33.8 Å². The summed E-state index contributed by atoms with van der Waals surface area (Å²) in [5.41, 5.74) is 5.66. The van der Waals surface area contributed by atoms with Crippen molar-refractivity contribution in [1.29, 1.82) is 0 Å². The zero-order valence-electron chi connectivity index (χ0n) is 15.4. The molecule has 2 atom stereocenters. The molecule has 156 valence electrons. The van der Waals surface area contributed by atoms with Gasteiger partial charge in [-0.25, -0.2) is 14.3 Å². The van der Waals surface area contributed by atoms with E-state index >= 15 is 0 Å². The summed E-state index contributed by atoms with van der Waals surface area (Å²) in [6.07, 6.45) is -0.0575. The Labute approximate surface area is 161 Å². The van der Waals surface area contributed by atoms with Crippen LogP contribution in [0.4, 0.5) is 8.78 Å². The van der Waals surface area contributed by atoms with E-state index in [0.717, 1.165) is 18.2 Å². The Morgan fingerprint density at radius 2 is 1.79 bits per heavy atom. The average molecular weight is 400 g/mol. The maximum Gasteiger partial charge on any atom is 0.249 e. The summed E-state index contributed by atoms with van der Waals surface area (Å²) in [6.45, 7) is 0. The topological polar surface area (TPSA) is 133 Å². The number of amides is 2. The van der Waals surface area contributed by atoms with Gasteiger partial charge in [0, 0.05) is 12.0 Å². The molecule has 2 amide bonds. The third kappa shape index (κ3) is 5.70. The fraction of sp³-hybridized carbons (Fsp3) is 0.579. The van der Waals surface area contributed by atoms with Gasteiger partial charge in [0.05, 0.1) is 17.6 Å². The Kier molecular flexibility index (Phi) is 7.45. The van der Waals surface area contributed by atoms with Crippen molar-refractivity contribution in [2.24, 2.45) is 17.6 Å². The number of halogens is 2. The van der Waals surface area contributed by atoms with Gasteiger partial charge < -0.3 is 15.9 Å². The lowest BCUT2D eigenvalue weighted by molar-refractivity contribution is -0.150. The number of rotatable bonds is 8. The lowest BCUT2D eigenvalue weighted by atomic mass is 9.70. The normalized spacial score (nSPS) is 24.4. The minimum atomic E-state index is -1.50. The minimum absolute atomic E-state index is 0.109. The number of carbonyl (C=O) groups is 2. The Morgan fingerprint density at radius 3 is 2.29 bits per heavy atom. The smallest absolute Gasteiger partial charge is 0.249 e. The highest BCUT2D eigenvalue weighted by Gasteiger charge is 2.45. The summed E-state index contributed by atoms with van der Waals surface area (Å²) >= 11 is 0. The van der Waals surface area contributed by atoms with Crippen molar-refractivity contribution in [2.45, 2.75) is 56.7 Å². The highest BCUT2D eigenvalue weighted by atomic mass is 19.1. The van der Waals surface area contributed by atoms with Gasteiger partial charge in [0.1, 0.15) is 11.6 Å². The predicted molar refractivity (Wildman–Crippen MR) is 94.8 cm³/mol. The van der Waals surface area contributed by atoms with Crippen molar-refractivity contribution >= 4 is 11.8 Å². The van der Waals surface area contributed by atoms with Crippen LogP contribution < -0.4 is 11.2 Å². The number of aryl methyl sites for hydroxylation is 1. The molecule has 0 radical (unpaired) electrons. The Hall–Kier alpha value is -2.10. The molecular weight excluding hydrogens is 374 g/mol. The van der Waals surface area contributed by atoms with Crippen LogP contribution in [0.1, 0.15) is 44.1 Å². The number of hydroxylamine groups is 1. The van der Waals surface area contributed by atoms with Gasteiger partial charge >= 0.3 is 0 Å². The van der Waals surface area contributed by atoms with Gasteiger partial charge in [-0.2, -0.15) is 0 Å². The number of aliphatic hydroxyl groups is 2. The molecule has 1 saturated carbocycles. The summed E-state index contributed by atoms with van der Waals surface area (Å²) in [7, 11) is 0. The Balaban J connectivity index is 2.01. The number of primary amides is 1. The summed E-state index contributed by atoms with van der Waals surface area (Å²) in [6, 6.07) is 3.07. The van der Waals surface area contributed by atoms with Gasteiger partial charge in [-0.3, -0.25) is 14.8 Å². The van der Waals surface area contributed by atoms with Crippen molar-refractivity contribution in [3.63, 3.8) is 0 Å². The SMILES string of the molecule is NC(=O)C1CCC(O)(C(CC(O)CCc2cc(F)cc(F)c2)C(=O)NO)CC1. The van der Waals surface area contributed by atoms with Crippen LogP contribution in [0.2, 0.25) is 0 Å². The van der Waals surface area contributed by atoms with E-state index in [9.17, 15) is 28.6 Å². The van der Waals surface area contributed by atoms with Crippen molar-refractivity contribution in [1.82, 2.24) is 5.48 Å². The number of nitrogens with two attached hydrogens (primary N) is 1. The van der Waals surface area contributed by atoms with Crippen LogP contribution in [-0.2, 0) is 16.0 Å². The minimum Gasteiger partial charge on any atom is -0.393 e. The maximum atomic E-state index is 13.2. The summed E-state index contributed by atoms with van der Waals surface area (Å²) in [5.74, 6) is -4.23. The van der Waals surface area contributed by atoms with Crippen LogP contribution in [0, 0.1) is 23.5 Å². The lowest BCUT2D eigenvalue weighted by Crippen LogP contribution is -2.50. The molecule has 1 aromatic rings. The molecule has 1 fully saturated rings. The Bertz CT molecular complexity index is 687. The van der Waals surface area contributed by atoms with Crippen LogP contribution in [-0.4, -0.2) is 38.9 Å². The monoisotopic (exact) mass is 400 g/mol. The molecule has 9 heteroatoms. The zero-order valence-corrected chi connectivity index (χ0v) is 15.4. The second kappa shape index (κ2) is 9.40. The van der Waals surface area contributed by atoms with Gasteiger partial charge in [0.25, 0.3) is 0 Å². The van der Waals surface area contributed by atoms with Crippen molar-refractivity contribution in [3.05, 3.63) is 35.4 Å². The number of carbonyl (C=O) groups excluding carboxylic acids is 2. The van der Waals surface area contributed by atoms with Crippen LogP contribution in [0.25, 0.3) is 0 Å². The number of aliphatic hydroxyl groups excluding tert-OH is 1. The van der Waals surface area contributed by atoms with E-state index in [1.807, 2.05) is 0 Å². The molecule has 0 aliphatic heterocycles. The van der Waals surface area contributed by atoms with Gasteiger partial charge in [-0.15, -0.1) is 0 Å². The molecule has 1 aliphatic carbocycles. The van der Waals surface area contributed by atoms with E-state index in [2.05, 4.69) is 0 Å². The number of nitrogens with one attached hydrogen (secondary N) is 1. The Morgan fingerprint density at radius 1 is 1.21 bits per heavy atom. The van der Waals surface area contributed by atoms with E-state index in [1.165, 1.54) is 5.48 Å². The quantitative estimate of drug-likeness (QED) is 0.330. The molecule has 28 heavy (non-hydrogen) atoms. The summed E-state index contributed by atoms with van der Waals surface area (Å²) in [4.78, 5) is 23.4. The first kappa shape index (κ1) is 22.2. The van der Waals surface area contributed by atoms with E-state index in [1.54, 1.807) is 0 Å². The van der Waals surface area contributed by atoms with E-state index in [0.29, 0.717) is 18.4 Å². The molecule has 0 aromatic heterocycles. The standard InChI is InChI=1S/C19H26F2N2O5/c20-13-7-11(8-14(21)9-13)1-2-15(24)10-16(18(26)23-28)19(27)5-3-12(4-6-19)17(22)25/h7-9,12,15-16,24,27-28H,1-6,10H2,(H2,22,25)(H,23,26).